The van der Waals surface area contributed by atoms with Crippen LogP contribution in [0.25, 0.3) is 17.1 Å². The van der Waals surface area contributed by atoms with Crippen molar-refractivity contribution in [1.82, 2.24) is 4.57 Å². The first-order valence-electron chi connectivity index (χ1n) is 6.50. The van der Waals surface area contributed by atoms with Crippen LogP contribution in [0.1, 0.15) is 13.8 Å². The van der Waals surface area contributed by atoms with E-state index in [9.17, 15) is 4.79 Å². The topological polar surface area (TPSA) is 31.2 Å². The van der Waals surface area contributed by atoms with Gasteiger partial charge in [-0.15, -0.1) is 0 Å². The average Bonchev–Trinajstić information content (AvgIpc) is 2.82. The van der Waals surface area contributed by atoms with E-state index in [0.717, 1.165) is 10.9 Å². The van der Waals surface area contributed by atoms with E-state index >= 15 is 0 Å². The number of ether oxygens (including phenoxy) is 1. The number of aromatic nitrogens is 1. The van der Waals surface area contributed by atoms with E-state index in [0.29, 0.717) is 22.2 Å². The van der Waals surface area contributed by atoms with E-state index in [1.807, 2.05) is 35.2 Å². The molecule has 0 saturated heterocycles. The minimum Gasteiger partial charge on any atom is -0.463 e. The lowest BCUT2D eigenvalue weighted by Crippen LogP contribution is -2.04. The lowest BCUT2D eigenvalue weighted by Gasteiger charge is -2.01. The van der Waals surface area contributed by atoms with Crippen molar-refractivity contribution in [3.05, 3.63) is 52.2 Å². The number of carbonyl (C=O) groups is 1. The molecule has 21 heavy (non-hydrogen) atoms. The predicted molar refractivity (Wildman–Crippen MR) is 87.7 cm³/mol. The van der Waals surface area contributed by atoms with Gasteiger partial charge in [0.25, 0.3) is 0 Å². The zero-order chi connectivity index (χ0) is 15.4. The molecule has 0 aliphatic carbocycles. The van der Waals surface area contributed by atoms with E-state index in [1.165, 1.54) is 0 Å². The van der Waals surface area contributed by atoms with Crippen molar-refractivity contribution in [2.45, 2.75) is 13.8 Å². The number of fused-ring (bicyclic) bond motifs is 1. The largest absolute Gasteiger partial charge is 0.463 e. The second kappa shape index (κ2) is 6.83. The summed E-state index contributed by atoms with van der Waals surface area (Å²) in [4.78, 5) is 11.5. The molecule has 0 saturated carbocycles. The Labute approximate surface area is 133 Å². The third-order valence-electron chi connectivity index (χ3n) is 2.95. The highest BCUT2D eigenvalue weighted by atomic mass is 35.5. The van der Waals surface area contributed by atoms with Gasteiger partial charge < -0.3 is 9.30 Å². The van der Waals surface area contributed by atoms with Gasteiger partial charge in [-0.3, -0.25) is 0 Å². The molecule has 0 atom stereocenters. The van der Waals surface area contributed by atoms with Crippen molar-refractivity contribution < 1.29 is 9.53 Å². The van der Waals surface area contributed by atoms with Crippen LogP contribution in [0.3, 0.4) is 0 Å². The standard InChI is InChI=1S/C16H15Cl2NO2/c1-3-21-16(20)11(2)5-4-7-19-8-6-12-9-13(17)14(18)10-15(12)19/h4-10H,3H2,1-2H3. The smallest absolute Gasteiger partial charge is 0.333 e. The maximum Gasteiger partial charge on any atom is 0.333 e. The predicted octanol–water partition coefficient (Wildman–Crippen LogP) is 4.93. The minimum absolute atomic E-state index is 0.311. The fourth-order valence-corrected chi connectivity index (χ4v) is 2.20. The molecule has 2 aromatic rings. The summed E-state index contributed by atoms with van der Waals surface area (Å²) in [5.74, 6) is -0.311. The number of rotatable bonds is 4. The Bertz CT molecular complexity index is 729. The number of hydrogen-bond acceptors (Lipinski definition) is 2. The molecule has 0 radical (unpaired) electrons. The second-order valence-electron chi connectivity index (χ2n) is 4.46. The lowest BCUT2D eigenvalue weighted by atomic mass is 10.2. The summed E-state index contributed by atoms with van der Waals surface area (Å²) in [5, 5.41) is 2.04. The van der Waals surface area contributed by atoms with Gasteiger partial charge in [0, 0.05) is 23.4 Å². The summed E-state index contributed by atoms with van der Waals surface area (Å²) >= 11 is 12.0. The average molecular weight is 324 g/mol. The summed E-state index contributed by atoms with van der Waals surface area (Å²) in [6.45, 7) is 3.86. The normalized spacial score (nSPS) is 12.3. The Morgan fingerprint density at radius 2 is 2.05 bits per heavy atom. The van der Waals surface area contributed by atoms with E-state index in [-0.39, 0.29) is 5.97 Å². The first-order chi connectivity index (χ1) is 10.0. The lowest BCUT2D eigenvalue weighted by molar-refractivity contribution is -0.138. The number of nitrogens with zero attached hydrogens (tertiary/aromatic N) is 1. The van der Waals surface area contributed by atoms with E-state index < -0.39 is 0 Å². The maximum atomic E-state index is 11.5. The molecule has 3 nitrogen and oxygen atoms in total. The van der Waals surface area contributed by atoms with Crippen LogP contribution in [0.5, 0.6) is 0 Å². The summed E-state index contributed by atoms with van der Waals surface area (Å²) < 4.78 is 6.82. The van der Waals surface area contributed by atoms with Gasteiger partial charge in [-0.1, -0.05) is 29.3 Å². The molecule has 0 N–H and O–H groups in total. The highest BCUT2D eigenvalue weighted by Crippen LogP contribution is 2.28. The minimum atomic E-state index is -0.311. The van der Waals surface area contributed by atoms with Crippen molar-refractivity contribution in [2.75, 3.05) is 6.61 Å². The molecule has 1 heterocycles. The van der Waals surface area contributed by atoms with Gasteiger partial charge in [-0.05, 0) is 38.1 Å². The Hall–Kier alpha value is -1.71. The van der Waals surface area contributed by atoms with Gasteiger partial charge in [-0.2, -0.15) is 0 Å². The second-order valence-corrected chi connectivity index (χ2v) is 5.27. The van der Waals surface area contributed by atoms with Gasteiger partial charge in [0.1, 0.15) is 0 Å². The number of halogens is 2. The molecule has 0 amide bonds. The van der Waals surface area contributed by atoms with E-state index in [2.05, 4.69) is 0 Å². The van der Waals surface area contributed by atoms with Gasteiger partial charge in [-0.25, -0.2) is 4.79 Å². The fourth-order valence-electron chi connectivity index (χ4n) is 1.87. The van der Waals surface area contributed by atoms with Crippen molar-refractivity contribution in [3.63, 3.8) is 0 Å². The molecule has 2 rings (SSSR count). The summed E-state index contributed by atoms with van der Waals surface area (Å²) in [6, 6.07) is 5.58. The van der Waals surface area contributed by atoms with Gasteiger partial charge >= 0.3 is 5.97 Å². The zero-order valence-corrected chi connectivity index (χ0v) is 13.3. The van der Waals surface area contributed by atoms with Crippen LogP contribution < -0.4 is 0 Å². The Morgan fingerprint density at radius 3 is 2.76 bits per heavy atom. The molecule has 1 aromatic carbocycles. The molecule has 0 bridgehead atoms. The molecule has 1 aromatic heterocycles. The van der Waals surface area contributed by atoms with Crippen LogP contribution in [0.4, 0.5) is 0 Å². The van der Waals surface area contributed by atoms with Gasteiger partial charge in [0.15, 0.2) is 0 Å². The summed E-state index contributed by atoms with van der Waals surface area (Å²) in [6.07, 6.45) is 7.24. The SMILES string of the molecule is CCOC(=O)C(C)=CC=Cn1ccc2cc(Cl)c(Cl)cc21. The summed E-state index contributed by atoms with van der Waals surface area (Å²) in [7, 11) is 0. The third kappa shape index (κ3) is 3.69. The molecular weight excluding hydrogens is 309 g/mol. The van der Waals surface area contributed by atoms with Crippen molar-refractivity contribution in [3.8, 4) is 0 Å². The zero-order valence-electron chi connectivity index (χ0n) is 11.8. The molecule has 0 aliphatic rings. The van der Waals surface area contributed by atoms with Crippen LogP contribution in [0, 0.1) is 0 Å². The number of hydrogen-bond donors (Lipinski definition) is 0. The quantitative estimate of drug-likeness (QED) is 0.454. The Kier molecular flexibility index (Phi) is 5.10. The van der Waals surface area contributed by atoms with E-state index in [1.54, 1.807) is 26.0 Å². The molecule has 0 unspecified atom stereocenters. The number of allylic oxidation sites excluding steroid dienone is 2. The van der Waals surface area contributed by atoms with Crippen molar-refractivity contribution >= 4 is 46.3 Å². The Morgan fingerprint density at radius 1 is 1.33 bits per heavy atom. The van der Waals surface area contributed by atoms with Crippen LogP contribution in [0.2, 0.25) is 10.0 Å². The van der Waals surface area contributed by atoms with Crippen molar-refractivity contribution in [1.29, 1.82) is 0 Å². The van der Waals surface area contributed by atoms with Crippen LogP contribution in [-0.2, 0) is 9.53 Å². The first kappa shape index (κ1) is 15.7. The Balaban J connectivity index is 2.24. The van der Waals surface area contributed by atoms with Crippen molar-refractivity contribution in [2.24, 2.45) is 0 Å². The molecule has 5 heteroatoms. The van der Waals surface area contributed by atoms with Gasteiger partial charge in [0.2, 0.25) is 0 Å². The molecule has 0 spiro atoms. The van der Waals surface area contributed by atoms with Gasteiger partial charge in [0.05, 0.1) is 22.2 Å². The first-order valence-corrected chi connectivity index (χ1v) is 7.26. The van der Waals surface area contributed by atoms with E-state index in [4.69, 9.17) is 27.9 Å². The number of carbonyl (C=O) groups excluding carboxylic acids is 1. The molecule has 110 valence electrons. The monoisotopic (exact) mass is 323 g/mol. The highest BCUT2D eigenvalue weighted by molar-refractivity contribution is 6.42. The number of esters is 1. The third-order valence-corrected chi connectivity index (χ3v) is 3.67. The highest BCUT2D eigenvalue weighted by Gasteiger charge is 2.04. The number of benzene rings is 1. The maximum absolute atomic E-state index is 11.5. The molecular formula is C16H15Cl2NO2. The van der Waals surface area contributed by atoms with Crippen LogP contribution in [0.15, 0.2) is 42.1 Å². The molecule has 0 aliphatic heterocycles. The van der Waals surface area contributed by atoms with Crippen LogP contribution >= 0.6 is 23.2 Å². The summed E-state index contributed by atoms with van der Waals surface area (Å²) in [5.41, 5.74) is 1.49. The fraction of sp³-hybridized carbons (Fsp3) is 0.188. The van der Waals surface area contributed by atoms with Crippen LogP contribution in [-0.4, -0.2) is 17.1 Å². The molecule has 0 fully saturated rings.